The maximum absolute atomic E-state index is 12.0. The van der Waals surface area contributed by atoms with E-state index in [4.69, 9.17) is 4.42 Å². The van der Waals surface area contributed by atoms with E-state index in [9.17, 15) is 4.79 Å². The predicted octanol–water partition coefficient (Wildman–Crippen LogP) is 4.91. The van der Waals surface area contributed by atoms with Gasteiger partial charge in [-0.05, 0) is 49.4 Å². The van der Waals surface area contributed by atoms with E-state index in [0.717, 1.165) is 27.4 Å². The maximum atomic E-state index is 12.0. The average Bonchev–Trinajstić information content (AvgIpc) is 3.26. The molecule has 0 radical (unpaired) electrons. The molecule has 128 valence electrons. The Morgan fingerprint density at radius 3 is 2.65 bits per heavy atom. The van der Waals surface area contributed by atoms with Crippen LogP contribution in [-0.2, 0) is 4.79 Å². The summed E-state index contributed by atoms with van der Waals surface area (Å²) >= 11 is 1.55. The van der Waals surface area contributed by atoms with Gasteiger partial charge in [0.1, 0.15) is 5.52 Å². The molecule has 2 heterocycles. The minimum absolute atomic E-state index is 0.203. The van der Waals surface area contributed by atoms with Crippen LogP contribution in [0.15, 0.2) is 64.4 Å². The standard InChI is InChI=1S/C20H15N3O2S/c1-13-21-16(12-26-13)10-11-19(24)22-15-8-6-14(7-9-15)20-23-17-4-2-3-5-18(17)25-20/h2-12H,1H3,(H,22,24)/b11-10+. The number of fused-ring (bicyclic) bond motifs is 1. The first-order valence-electron chi connectivity index (χ1n) is 8.04. The number of nitrogens with one attached hydrogen (secondary N) is 1. The molecule has 0 saturated heterocycles. The second-order valence-corrected chi connectivity index (χ2v) is 6.74. The third kappa shape index (κ3) is 3.55. The summed E-state index contributed by atoms with van der Waals surface area (Å²) in [5, 5.41) is 5.71. The number of para-hydroxylation sites is 2. The molecular formula is C20H15N3O2S. The summed E-state index contributed by atoms with van der Waals surface area (Å²) in [6.07, 6.45) is 3.18. The zero-order valence-corrected chi connectivity index (χ0v) is 14.8. The number of carbonyl (C=O) groups is 1. The van der Waals surface area contributed by atoms with Crippen molar-refractivity contribution in [3.05, 3.63) is 70.7 Å². The average molecular weight is 361 g/mol. The maximum Gasteiger partial charge on any atom is 0.248 e. The van der Waals surface area contributed by atoms with Crippen LogP contribution in [-0.4, -0.2) is 15.9 Å². The van der Waals surface area contributed by atoms with Crippen molar-refractivity contribution in [3.63, 3.8) is 0 Å². The van der Waals surface area contributed by atoms with Gasteiger partial charge < -0.3 is 9.73 Å². The number of hydrogen-bond donors (Lipinski definition) is 1. The summed E-state index contributed by atoms with van der Waals surface area (Å²) < 4.78 is 5.75. The highest BCUT2D eigenvalue weighted by Crippen LogP contribution is 2.25. The van der Waals surface area contributed by atoms with Crippen LogP contribution < -0.4 is 5.32 Å². The lowest BCUT2D eigenvalue weighted by Crippen LogP contribution is -2.07. The van der Waals surface area contributed by atoms with Crippen LogP contribution in [0.25, 0.3) is 28.6 Å². The van der Waals surface area contributed by atoms with Gasteiger partial charge in [-0.15, -0.1) is 11.3 Å². The molecule has 0 atom stereocenters. The van der Waals surface area contributed by atoms with Gasteiger partial charge in [-0.25, -0.2) is 9.97 Å². The van der Waals surface area contributed by atoms with Crippen molar-refractivity contribution in [2.75, 3.05) is 5.32 Å². The van der Waals surface area contributed by atoms with Crippen molar-refractivity contribution < 1.29 is 9.21 Å². The first-order chi connectivity index (χ1) is 12.7. The molecule has 2 aromatic heterocycles. The second-order valence-electron chi connectivity index (χ2n) is 5.68. The molecule has 0 saturated carbocycles. The Balaban J connectivity index is 1.45. The number of rotatable bonds is 4. The molecule has 0 bridgehead atoms. The fourth-order valence-corrected chi connectivity index (χ4v) is 3.07. The zero-order chi connectivity index (χ0) is 17.9. The molecule has 0 fully saturated rings. The molecule has 4 aromatic rings. The Kier molecular flexibility index (Phi) is 4.33. The summed E-state index contributed by atoms with van der Waals surface area (Å²) in [5.41, 5.74) is 3.92. The van der Waals surface area contributed by atoms with E-state index in [2.05, 4.69) is 15.3 Å². The number of benzene rings is 2. The number of nitrogens with zero attached hydrogens (tertiary/aromatic N) is 2. The third-order valence-corrected chi connectivity index (χ3v) is 4.53. The minimum atomic E-state index is -0.203. The highest BCUT2D eigenvalue weighted by Gasteiger charge is 2.08. The number of amides is 1. The van der Waals surface area contributed by atoms with Crippen molar-refractivity contribution in [1.82, 2.24) is 9.97 Å². The Morgan fingerprint density at radius 2 is 1.92 bits per heavy atom. The Morgan fingerprint density at radius 1 is 1.12 bits per heavy atom. The second kappa shape index (κ2) is 6.93. The Labute approximate surface area is 154 Å². The van der Waals surface area contributed by atoms with Crippen LogP contribution in [0.5, 0.6) is 0 Å². The Bertz CT molecular complexity index is 1060. The lowest BCUT2D eigenvalue weighted by molar-refractivity contribution is -0.111. The van der Waals surface area contributed by atoms with Gasteiger partial charge in [-0.1, -0.05) is 12.1 Å². The highest BCUT2D eigenvalue weighted by atomic mass is 32.1. The first kappa shape index (κ1) is 16.2. The quantitative estimate of drug-likeness (QED) is 0.524. The summed E-state index contributed by atoms with van der Waals surface area (Å²) in [6.45, 7) is 1.93. The van der Waals surface area contributed by atoms with Gasteiger partial charge in [-0.2, -0.15) is 0 Å². The fourth-order valence-electron chi connectivity index (χ4n) is 2.49. The van der Waals surface area contributed by atoms with Gasteiger partial charge in [0.05, 0.1) is 10.7 Å². The first-order valence-corrected chi connectivity index (χ1v) is 8.92. The van der Waals surface area contributed by atoms with Crippen LogP contribution in [0, 0.1) is 6.92 Å². The normalized spacial score (nSPS) is 11.3. The van der Waals surface area contributed by atoms with E-state index in [0.29, 0.717) is 11.6 Å². The molecule has 4 rings (SSSR count). The predicted molar refractivity (Wildman–Crippen MR) is 104 cm³/mol. The fraction of sp³-hybridized carbons (Fsp3) is 0.0500. The topological polar surface area (TPSA) is 68.0 Å². The van der Waals surface area contributed by atoms with Crippen molar-refractivity contribution >= 4 is 40.1 Å². The van der Waals surface area contributed by atoms with Crippen LogP contribution >= 0.6 is 11.3 Å². The van der Waals surface area contributed by atoms with E-state index in [1.165, 1.54) is 6.08 Å². The van der Waals surface area contributed by atoms with E-state index in [1.807, 2.05) is 60.8 Å². The number of carbonyl (C=O) groups excluding carboxylic acids is 1. The summed E-state index contributed by atoms with van der Waals surface area (Å²) in [4.78, 5) is 20.8. The van der Waals surface area contributed by atoms with Crippen LogP contribution in [0.3, 0.4) is 0 Å². The van der Waals surface area contributed by atoms with Gasteiger partial charge in [0.25, 0.3) is 0 Å². The highest BCUT2D eigenvalue weighted by molar-refractivity contribution is 7.09. The lowest BCUT2D eigenvalue weighted by Gasteiger charge is -2.02. The molecule has 5 nitrogen and oxygen atoms in total. The molecule has 0 spiro atoms. The SMILES string of the molecule is Cc1nc(/C=C/C(=O)Nc2ccc(-c3nc4ccccc4o3)cc2)cs1. The summed E-state index contributed by atoms with van der Waals surface area (Å²) in [5.74, 6) is 0.355. The molecule has 0 aliphatic rings. The van der Waals surface area contributed by atoms with Crippen molar-refractivity contribution in [2.45, 2.75) is 6.92 Å². The van der Waals surface area contributed by atoms with Crippen LogP contribution in [0.2, 0.25) is 0 Å². The minimum Gasteiger partial charge on any atom is -0.436 e. The van der Waals surface area contributed by atoms with Crippen LogP contribution in [0.1, 0.15) is 10.7 Å². The van der Waals surface area contributed by atoms with Gasteiger partial charge in [-0.3, -0.25) is 4.79 Å². The van der Waals surface area contributed by atoms with Crippen LogP contribution in [0.4, 0.5) is 5.69 Å². The summed E-state index contributed by atoms with van der Waals surface area (Å²) in [6, 6.07) is 15.0. The number of anilines is 1. The van der Waals surface area contributed by atoms with E-state index in [-0.39, 0.29) is 5.91 Å². The summed E-state index contributed by atoms with van der Waals surface area (Å²) in [7, 11) is 0. The number of oxazole rings is 1. The number of aromatic nitrogens is 2. The van der Waals surface area contributed by atoms with Gasteiger partial charge in [0.2, 0.25) is 11.8 Å². The monoisotopic (exact) mass is 361 g/mol. The molecule has 2 aromatic carbocycles. The molecule has 26 heavy (non-hydrogen) atoms. The molecular weight excluding hydrogens is 346 g/mol. The van der Waals surface area contributed by atoms with Gasteiger partial charge >= 0.3 is 0 Å². The smallest absolute Gasteiger partial charge is 0.248 e. The molecule has 1 amide bonds. The largest absolute Gasteiger partial charge is 0.436 e. The van der Waals surface area contributed by atoms with Gasteiger partial charge in [0.15, 0.2) is 5.58 Å². The van der Waals surface area contributed by atoms with Crippen molar-refractivity contribution in [1.29, 1.82) is 0 Å². The van der Waals surface area contributed by atoms with Gasteiger partial charge in [0, 0.05) is 22.7 Å². The van der Waals surface area contributed by atoms with Crippen molar-refractivity contribution in [2.24, 2.45) is 0 Å². The third-order valence-electron chi connectivity index (χ3n) is 3.74. The van der Waals surface area contributed by atoms with E-state index < -0.39 is 0 Å². The van der Waals surface area contributed by atoms with E-state index >= 15 is 0 Å². The Hall–Kier alpha value is -3.25. The molecule has 6 heteroatoms. The van der Waals surface area contributed by atoms with E-state index in [1.54, 1.807) is 17.4 Å². The number of aryl methyl sites for hydroxylation is 1. The molecule has 0 aliphatic heterocycles. The lowest BCUT2D eigenvalue weighted by atomic mass is 10.2. The zero-order valence-electron chi connectivity index (χ0n) is 14.0. The molecule has 0 aliphatic carbocycles. The number of hydrogen-bond acceptors (Lipinski definition) is 5. The molecule has 1 N–H and O–H groups in total. The molecule has 0 unspecified atom stereocenters. The number of thiazole rings is 1. The van der Waals surface area contributed by atoms with Crippen molar-refractivity contribution in [3.8, 4) is 11.5 Å².